The highest BCUT2D eigenvalue weighted by Gasteiger charge is 2.25. The third-order valence-electron chi connectivity index (χ3n) is 2.83. The van der Waals surface area contributed by atoms with Crippen LogP contribution in [0, 0.1) is 3.57 Å². The van der Waals surface area contributed by atoms with E-state index in [2.05, 4.69) is 10.1 Å². The molecule has 1 fully saturated rings. The molecule has 1 aliphatic rings. The van der Waals surface area contributed by atoms with Gasteiger partial charge >= 0.3 is 5.97 Å². The Morgan fingerprint density at radius 1 is 1.33 bits per heavy atom. The first-order valence-electron chi connectivity index (χ1n) is 6.85. The number of esters is 1. The highest BCUT2D eigenvalue weighted by molar-refractivity contribution is 14.1. The Morgan fingerprint density at radius 3 is 2.67 bits per heavy atom. The van der Waals surface area contributed by atoms with Gasteiger partial charge in [0.05, 0.1) is 22.2 Å². The van der Waals surface area contributed by atoms with Crippen LogP contribution in [-0.2, 0) is 14.3 Å². The Hall–Kier alpha value is -1.75. The number of carbonyl (C=O) groups is 3. The van der Waals surface area contributed by atoms with Gasteiger partial charge in [-0.15, -0.1) is 0 Å². The second-order valence-corrected chi connectivity index (χ2v) is 6.66. The quantitative estimate of drug-likeness (QED) is 0.394. The monoisotopic (exact) mass is 463 g/mol. The lowest BCUT2D eigenvalue weighted by Crippen LogP contribution is -2.17. The number of rotatable bonds is 6. The molecule has 1 aromatic rings. The lowest BCUT2D eigenvalue weighted by atomic mass is 10.2. The van der Waals surface area contributed by atoms with Crippen molar-refractivity contribution in [3.63, 3.8) is 0 Å². The van der Waals surface area contributed by atoms with Crippen LogP contribution in [0.2, 0.25) is 0 Å². The zero-order valence-electron chi connectivity index (χ0n) is 12.9. The van der Waals surface area contributed by atoms with Gasteiger partial charge in [0.25, 0.3) is 11.1 Å². The zero-order valence-corrected chi connectivity index (χ0v) is 15.9. The number of amides is 2. The van der Waals surface area contributed by atoms with Crippen molar-refractivity contribution >= 4 is 57.5 Å². The Bertz CT molecular complexity index is 718. The number of methoxy groups -OCH3 is 1. The van der Waals surface area contributed by atoms with E-state index in [1.807, 2.05) is 29.5 Å². The first-order valence-corrected chi connectivity index (χ1v) is 8.75. The third kappa shape index (κ3) is 4.63. The molecule has 0 aliphatic carbocycles. The van der Waals surface area contributed by atoms with Crippen molar-refractivity contribution in [3.8, 4) is 11.5 Å². The van der Waals surface area contributed by atoms with Gasteiger partial charge in [0.15, 0.2) is 18.1 Å². The van der Waals surface area contributed by atoms with Crippen molar-refractivity contribution in [2.24, 2.45) is 0 Å². The van der Waals surface area contributed by atoms with E-state index in [1.54, 1.807) is 18.2 Å². The minimum atomic E-state index is -0.503. The van der Waals surface area contributed by atoms with Gasteiger partial charge in [0, 0.05) is 0 Å². The number of imide groups is 1. The molecule has 1 saturated heterocycles. The molecular weight excluding hydrogens is 449 g/mol. The fraction of sp³-hybridized carbons (Fsp3) is 0.267. The summed E-state index contributed by atoms with van der Waals surface area (Å²) in [5.74, 6) is -0.0690. The summed E-state index contributed by atoms with van der Waals surface area (Å²) in [4.78, 5) is 34.4. The molecule has 1 heterocycles. The van der Waals surface area contributed by atoms with Crippen LogP contribution >= 0.6 is 34.4 Å². The predicted molar refractivity (Wildman–Crippen MR) is 96.9 cm³/mol. The minimum Gasteiger partial charge on any atom is -0.490 e. The van der Waals surface area contributed by atoms with Crippen molar-refractivity contribution in [1.82, 2.24) is 5.32 Å². The number of benzene rings is 1. The molecule has 0 unspecified atom stereocenters. The Kier molecular flexibility index (Phi) is 6.49. The van der Waals surface area contributed by atoms with Crippen LogP contribution < -0.4 is 14.8 Å². The van der Waals surface area contributed by atoms with Crippen LogP contribution in [0.3, 0.4) is 0 Å². The van der Waals surface area contributed by atoms with Crippen LogP contribution in [0.4, 0.5) is 4.79 Å². The highest BCUT2D eigenvalue weighted by atomic mass is 127. The number of ether oxygens (including phenoxy) is 3. The fourth-order valence-corrected chi connectivity index (χ4v) is 3.30. The average Bonchev–Trinajstić information content (AvgIpc) is 2.84. The first-order chi connectivity index (χ1) is 11.4. The maximum Gasteiger partial charge on any atom is 0.343 e. The Balaban J connectivity index is 2.32. The number of thioether (sulfide) groups is 1. The van der Waals surface area contributed by atoms with Gasteiger partial charge < -0.3 is 14.2 Å². The van der Waals surface area contributed by atoms with E-state index in [4.69, 9.17) is 9.47 Å². The molecule has 0 bridgehead atoms. The van der Waals surface area contributed by atoms with Gasteiger partial charge in [-0.1, -0.05) is 0 Å². The molecule has 1 N–H and O–H groups in total. The van der Waals surface area contributed by atoms with Crippen LogP contribution in [0.1, 0.15) is 12.5 Å². The predicted octanol–water partition coefficient (Wildman–Crippen LogP) is 2.57. The van der Waals surface area contributed by atoms with Crippen molar-refractivity contribution in [1.29, 1.82) is 0 Å². The van der Waals surface area contributed by atoms with Crippen molar-refractivity contribution in [2.75, 3.05) is 20.3 Å². The van der Waals surface area contributed by atoms with Gasteiger partial charge in [0.1, 0.15) is 0 Å². The topological polar surface area (TPSA) is 90.9 Å². The van der Waals surface area contributed by atoms with E-state index < -0.39 is 17.1 Å². The molecule has 1 aromatic carbocycles. The van der Waals surface area contributed by atoms with Crippen molar-refractivity contribution in [2.45, 2.75) is 6.92 Å². The lowest BCUT2D eigenvalue weighted by molar-refractivity contribution is -0.143. The fourth-order valence-electron chi connectivity index (χ4n) is 1.84. The molecule has 2 amide bonds. The molecule has 0 aromatic heterocycles. The standard InChI is InChI=1S/C15H14INO6S/c1-3-22-10-5-8(6-11-14(19)17-15(20)24-11)4-9(16)13(10)23-7-12(18)21-2/h4-6H,3,7H2,1-2H3,(H,17,19,20)/b11-6-. The largest absolute Gasteiger partial charge is 0.490 e. The molecule has 0 atom stereocenters. The van der Waals surface area contributed by atoms with Gasteiger partial charge in [-0.3, -0.25) is 14.9 Å². The van der Waals surface area contributed by atoms with E-state index in [0.29, 0.717) is 32.1 Å². The Labute approximate surface area is 156 Å². The van der Waals surface area contributed by atoms with E-state index >= 15 is 0 Å². The lowest BCUT2D eigenvalue weighted by Gasteiger charge is -2.14. The minimum absolute atomic E-state index is 0.236. The van der Waals surface area contributed by atoms with E-state index in [0.717, 1.165) is 11.8 Å². The normalized spacial score (nSPS) is 15.4. The second kappa shape index (κ2) is 8.38. The summed E-state index contributed by atoms with van der Waals surface area (Å²) in [6, 6.07) is 3.45. The van der Waals surface area contributed by atoms with Gasteiger partial charge in [0.2, 0.25) is 0 Å². The molecule has 24 heavy (non-hydrogen) atoms. The molecular formula is C15H14INO6S. The van der Waals surface area contributed by atoms with Gasteiger partial charge in [-0.05, 0) is 65.0 Å². The number of hydrogen-bond acceptors (Lipinski definition) is 7. The smallest absolute Gasteiger partial charge is 0.343 e. The van der Waals surface area contributed by atoms with Crippen LogP contribution in [0.5, 0.6) is 11.5 Å². The molecule has 0 saturated carbocycles. The second-order valence-electron chi connectivity index (χ2n) is 4.48. The summed E-state index contributed by atoms with van der Waals surface area (Å²) in [6.07, 6.45) is 1.60. The molecule has 7 nitrogen and oxygen atoms in total. The van der Waals surface area contributed by atoms with Crippen LogP contribution in [-0.4, -0.2) is 37.4 Å². The Morgan fingerprint density at radius 2 is 2.08 bits per heavy atom. The summed E-state index contributed by atoms with van der Waals surface area (Å²) in [6.45, 7) is 1.99. The average molecular weight is 463 g/mol. The van der Waals surface area contributed by atoms with Crippen molar-refractivity contribution < 1.29 is 28.6 Å². The number of hydrogen-bond donors (Lipinski definition) is 1. The van der Waals surface area contributed by atoms with Crippen molar-refractivity contribution in [3.05, 3.63) is 26.2 Å². The summed E-state index contributed by atoms with van der Waals surface area (Å²) in [5.41, 5.74) is 0.681. The summed E-state index contributed by atoms with van der Waals surface area (Å²) in [7, 11) is 1.28. The van der Waals surface area contributed by atoms with Gasteiger partial charge in [-0.25, -0.2) is 4.79 Å². The highest BCUT2D eigenvalue weighted by Crippen LogP contribution is 2.36. The molecule has 0 radical (unpaired) electrons. The van der Waals surface area contributed by atoms with E-state index in [9.17, 15) is 14.4 Å². The maximum atomic E-state index is 11.6. The summed E-state index contributed by atoms with van der Waals surface area (Å²) < 4.78 is 16.3. The SMILES string of the molecule is CCOc1cc(/C=C2\SC(=O)NC2=O)cc(I)c1OCC(=O)OC. The number of carbonyl (C=O) groups excluding carboxylic acids is 3. The van der Waals surface area contributed by atoms with Crippen LogP contribution in [0.15, 0.2) is 17.0 Å². The van der Waals surface area contributed by atoms with Gasteiger partial charge in [-0.2, -0.15) is 0 Å². The van der Waals surface area contributed by atoms with Crippen LogP contribution in [0.25, 0.3) is 6.08 Å². The van der Waals surface area contributed by atoms with E-state index in [-0.39, 0.29) is 6.61 Å². The molecule has 2 rings (SSSR count). The zero-order chi connectivity index (χ0) is 17.7. The molecule has 128 valence electrons. The van der Waals surface area contributed by atoms with E-state index in [1.165, 1.54) is 7.11 Å². The molecule has 9 heteroatoms. The maximum absolute atomic E-state index is 11.6. The summed E-state index contributed by atoms with van der Waals surface area (Å²) >= 11 is 2.89. The molecule has 1 aliphatic heterocycles. The number of nitrogens with one attached hydrogen (secondary N) is 1. The number of halogens is 1. The molecule has 0 spiro atoms. The summed E-state index contributed by atoms with van der Waals surface area (Å²) in [5, 5.41) is 1.80. The third-order valence-corrected chi connectivity index (χ3v) is 4.45. The first kappa shape index (κ1) is 18.6.